The first-order chi connectivity index (χ1) is 10.5. The lowest BCUT2D eigenvalue weighted by atomic mass is 10.2. The van der Waals surface area contributed by atoms with Crippen LogP contribution in [0.2, 0.25) is 5.02 Å². The Labute approximate surface area is 134 Å². The van der Waals surface area contributed by atoms with Gasteiger partial charge in [-0.05, 0) is 43.7 Å². The number of anilines is 1. The molecule has 0 fully saturated rings. The second-order valence-corrected chi connectivity index (χ2v) is 5.44. The zero-order valence-electron chi connectivity index (χ0n) is 12.4. The van der Waals surface area contributed by atoms with Crippen molar-refractivity contribution in [3.63, 3.8) is 0 Å². The third kappa shape index (κ3) is 4.09. The Bertz CT molecular complexity index is 686. The van der Waals surface area contributed by atoms with Gasteiger partial charge in [-0.15, -0.1) is 0 Å². The Morgan fingerprint density at radius 2 is 1.77 bits per heavy atom. The summed E-state index contributed by atoms with van der Waals surface area (Å²) in [5.74, 6) is -0.617. The summed E-state index contributed by atoms with van der Waals surface area (Å²) >= 11 is 6.08. The van der Waals surface area contributed by atoms with Gasteiger partial charge in [0, 0.05) is 5.56 Å². The molecule has 2 amide bonds. The summed E-state index contributed by atoms with van der Waals surface area (Å²) in [4.78, 5) is 24.1. The molecule has 2 aromatic carbocycles. The van der Waals surface area contributed by atoms with E-state index in [1.165, 1.54) is 0 Å². The Hall–Kier alpha value is -2.33. The Morgan fingerprint density at radius 1 is 1.09 bits per heavy atom. The normalized spacial score (nSPS) is 11.6. The minimum absolute atomic E-state index is 0.293. The van der Waals surface area contributed by atoms with Crippen LogP contribution in [0.15, 0.2) is 48.5 Å². The molecule has 2 rings (SSSR count). The van der Waals surface area contributed by atoms with Gasteiger partial charge in [0.15, 0.2) is 0 Å². The van der Waals surface area contributed by atoms with Gasteiger partial charge in [-0.3, -0.25) is 9.59 Å². The van der Waals surface area contributed by atoms with Crippen molar-refractivity contribution in [1.29, 1.82) is 0 Å². The van der Waals surface area contributed by atoms with Crippen molar-refractivity contribution in [3.05, 3.63) is 64.7 Å². The number of carbonyl (C=O) groups excluding carboxylic acids is 2. The van der Waals surface area contributed by atoms with Crippen LogP contribution in [0.3, 0.4) is 0 Å². The van der Waals surface area contributed by atoms with Crippen molar-refractivity contribution in [1.82, 2.24) is 5.32 Å². The third-order valence-electron chi connectivity index (χ3n) is 3.16. The number of carbonyl (C=O) groups is 2. The molecule has 0 radical (unpaired) electrons. The highest BCUT2D eigenvalue weighted by Crippen LogP contribution is 2.22. The minimum Gasteiger partial charge on any atom is -0.341 e. The van der Waals surface area contributed by atoms with Crippen LogP contribution in [-0.2, 0) is 4.79 Å². The molecule has 0 bridgehead atoms. The number of nitrogens with one attached hydrogen (secondary N) is 2. The molecule has 2 aromatic rings. The largest absolute Gasteiger partial charge is 0.341 e. The Kier molecular flexibility index (Phi) is 5.17. The second kappa shape index (κ2) is 7.09. The zero-order chi connectivity index (χ0) is 16.1. The quantitative estimate of drug-likeness (QED) is 0.908. The van der Waals surface area contributed by atoms with Gasteiger partial charge in [0.1, 0.15) is 6.04 Å². The van der Waals surface area contributed by atoms with E-state index in [0.29, 0.717) is 16.3 Å². The molecule has 1 unspecified atom stereocenters. The van der Waals surface area contributed by atoms with Gasteiger partial charge >= 0.3 is 0 Å². The maximum absolute atomic E-state index is 12.1. The predicted molar refractivity (Wildman–Crippen MR) is 88.2 cm³/mol. The molecule has 5 heteroatoms. The fraction of sp³-hybridized carbons (Fsp3) is 0.176. The van der Waals surface area contributed by atoms with Crippen LogP contribution >= 0.6 is 11.6 Å². The van der Waals surface area contributed by atoms with E-state index in [1.807, 2.05) is 19.1 Å². The molecule has 22 heavy (non-hydrogen) atoms. The number of halogens is 1. The van der Waals surface area contributed by atoms with Crippen LogP contribution in [0.25, 0.3) is 0 Å². The predicted octanol–water partition coefficient (Wildman–Crippen LogP) is 3.41. The van der Waals surface area contributed by atoms with E-state index in [2.05, 4.69) is 10.6 Å². The smallest absolute Gasteiger partial charge is 0.251 e. The molecular weight excluding hydrogens is 300 g/mol. The molecule has 0 aliphatic rings. The molecular formula is C17H17ClN2O2. The monoisotopic (exact) mass is 316 g/mol. The van der Waals surface area contributed by atoms with Gasteiger partial charge in [0.05, 0.1) is 10.7 Å². The van der Waals surface area contributed by atoms with Crippen molar-refractivity contribution in [3.8, 4) is 0 Å². The summed E-state index contributed by atoms with van der Waals surface area (Å²) in [6.07, 6.45) is 0. The fourth-order valence-corrected chi connectivity index (χ4v) is 2.18. The van der Waals surface area contributed by atoms with Crippen LogP contribution < -0.4 is 10.6 Å². The number of benzene rings is 2. The van der Waals surface area contributed by atoms with Crippen molar-refractivity contribution in [2.45, 2.75) is 19.9 Å². The minimum atomic E-state index is -0.676. The van der Waals surface area contributed by atoms with E-state index in [1.54, 1.807) is 43.3 Å². The van der Waals surface area contributed by atoms with E-state index in [9.17, 15) is 9.59 Å². The lowest BCUT2D eigenvalue weighted by molar-refractivity contribution is -0.117. The van der Waals surface area contributed by atoms with E-state index >= 15 is 0 Å². The summed E-state index contributed by atoms with van der Waals surface area (Å²) in [5.41, 5.74) is 2.04. The lowest BCUT2D eigenvalue weighted by Gasteiger charge is -2.15. The molecule has 2 N–H and O–H groups in total. The molecule has 0 heterocycles. The number of hydrogen-bond acceptors (Lipinski definition) is 2. The van der Waals surface area contributed by atoms with E-state index < -0.39 is 6.04 Å². The third-order valence-corrected chi connectivity index (χ3v) is 3.47. The summed E-state index contributed by atoms with van der Waals surface area (Å²) in [6, 6.07) is 13.4. The standard InChI is InChI=1S/C17H17ClN2O2/c1-11-8-9-15(14(18)10-11)20-16(21)12(2)19-17(22)13-6-4-3-5-7-13/h3-10,12H,1-2H3,(H,19,22)(H,20,21). The van der Waals surface area contributed by atoms with E-state index in [4.69, 9.17) is 11.6 Å². The van der Waals surface area contributed by atoms with Gasteiger partial charge in [-0.1, -0.05) is 35.9 Å². The first-order valence-corrected chi connectivity index (χ1v) is 7.28. The topological polar surface area (TPSA) is 58.2 Å². The van der Waals surface area contributed by atoms with Crippen LogP contribution in [0, 0.1) is 6.92 Å². The molecule has 4 nitrogen and oxygen atoms in total. The number of aryl methyl sites for hydroxylation is 1. The highest BCUT2D eigenvalue weighted by atomic mass is 35.5. The second-order valence-electron chi connectivity index (χ2n) is 5.03. The molecule has 0 aliphatic carbocycles. The van der Waals surface area contributed by atoms with Gasteiger partial charge in [0.25, 0.3) is 5.91 Å². The highest BCUT2D eigenvalue weighted by molar-refractivity contribution is 6.33. The molecule has 1 atom stereocenters. The van der Waals surface area contributed by atoms with Gasteiger partial charge in [0.2, 0.25) is 5.91 Å². The van der Waals surface area contributed by atoms with Crippen molar-refractivity contribution >= 4 is 29.1 Å². The average Bonchev–Trinajstić information content (AvgIpc) is 2.50. The van der Waals surface area contributed by atoms with Crippen molar-refractivity contribution < 1.29 is 9.59 Å². The van der Waals surface area contributed by atoms with Gasteiger partial charge in [-0.2, -0.15) is 0 Å². The Balaban J connectivity index is 1.99. The van der Waals surface area contributed by atoms with Crippen LogP contribution in [0.1, 0.15) is 22.8 Å². The molecule has 114 valence electrons. The lowest BCUT2D eigenvalue weighted by Crippen LogP contribution is -2.41. The molecule has 0 aromatic heterocycles. The van der Waals surface area contributed by atoms with Gasteiger partial charge < -0.3 is 10.6 Å². The SMILES string of the molecule is Cc1ccc(NC(=O)C(C)NC(=O)c2ccccc2)c(Cl)c1. The maximum Gasteiger partial charge on any atom is 0.251 e. The Morgan fingerprint density at radius 3 is 2.41 bits per heavy atom. The molecule has 0 aliphatic heterocycles. The summed E-state index contributed by atoms with van der Waals surface area (Å²) in [6.45, 7) is 3.54. The number of hydrogen-bond donors (Lipinski definition) is 2. The summed E-state index contributed by atoms with van der Waals surface area (Å²) in [7, 11) is 0. The van der Waals surface area contributed by atoms with Crippen molar-refractivity contribution in [2.75, 3.05) is 5.32 Å². The highest BCUT2D eigenvalue weighted by Gasteiger charge is 2.17. The molecule has 0 saturated heterocycles. The van der Waals surface area contributed by atoms with Crippen LogP contribution in [-0.4, -0.2) is 17.9 Å². The van der Waals surface area contributed by atoms with Crippen LogP contribution in [0.4, 0.5) is 5.69 Å². The first-order valence-electron chi connectivity index (χ1n) is 6.90. The number of rotatable bonds is 4. The number of amides is 2. The van der Waals surface area contributed by atoms with Crippen molar-refractivity contribution in [2.24, 2.45) is 0 Å². The van der Waals surface area contributed by atoms with E-state index in [-0.39, 0.29) is 11.8 Å². The maximum atomic E-state index is 12.1. The molecule has 0 saturated carbocycles. The first kappa shape index (κ1) is 16.0. The van der Waals surface area contributed by atoms with Gasteiger partial charge in [-0.25, -0.2) is 0 Å². The fourth-order valence-electron chi connectivity index (χ4n) is 1.90. The molecule has 0 spiro atoms. The summed E-state index contributed by atoms with van der Waals surface area (Å²) < 4.78 is 0. The van der Waals surface area contributed by atoms with Crippen LogP contribution in [0.5, 0.6) is 0 Å². The average molecular weight is 317 g/mol. The zero-order valence-corrected chi connectivity index (χ0v) is 13.1. The van der Waals surface area contributed by atoms with E-state index in [0.717, 1.165) is 5.56 Å². The summed E-state index contributed by atoms with van der Waals surface area (Å²) in [5, 5.41) is 5.83.